The van der Waals surface area contributed by atoms with E-state index in [0.717, 1.165) is 16.9 Å². The van der Waals surface area contributed by atoms with Crippen molar-refractivity contribution in [3.63, 3.8) is 0 Å². The molecular weight excluding hydrogens is 260 g/mol. The molecule has 1 aliphatic heterocycles. The van der Waals surface area contributed by atoms with Crippen LogP contribution in [0, 0.1) is 0 Å². The molecular formula is C19H16O2. The van der Waals surface area contributed by atoms with Crippen LogP contribution >= 0.6 is 0 Å². The number of aliphatic hydroxyl groups is 1. The summed E-state index contributed by atoms with van der Waals surface area (Å²) in [6, 6.07) is 22.4. The highest BCUT2D eigenvalue weighted by Gasteiger charge is 2.29. The molecule has 0 unspecified atom stereocenters. The van der Waals surface area contributed by atoms with Crippen LogP contribution in [-0.2, 0) is 6.42 Å². The maximum absolute atomic E-state index is 10.4. The first-order valence-electron chi connectivity index (χ1n) is 7.22. The molecule has 2 heteroatoms. The lowest BCUT2D eigenvalue weighted by Crippen LogP contribution is -2.30. The molecule has 0 radical (unpaired) electrons. The van der Waals surface area contributed by atoms with E-state index in [1.54, 1.807) is 0 Å². The molecule has 1 aliphatic rings. The molecule has 3 aromatic rings. The van der Waals surface area contributed by atoms with Gasteiger partial charge in [-0.15, -0.1) is 0 Å². The topological polar surface area (TPSA) is 29.5 Å². The molecule has 0 bridgehead atoms. The van der Waals surface area contributed by atoms with Crippen molar-refractivity contribution in [1.29, 1.82) is 0 Å². The maximum Gasteiger partial charge on any atom is 0.150 e. The SMILES string of the molecule is O[C@@H]1Cc2ccccc2O[C@H]1c1ccc2ccccc2c1. The highest BCUT2D eigenvalue weighted by molar-refractivity contribution is 5.83. The molecule has 0 saturated carbocycles. The van der Waals surface area contributed by atoms with Crippen molar-refractivity contribution in [2.75, 3.05) is 0 Å². The van der Waals surface area contributed by atoms with Crippen molar-refractivity contribution in [2.24, 2.45) is 0 Å². The summed E-state index contributed by atoms with van der Waals surface area (Å²) >= 11 is 0. The van der Waals surface area contributed by atoms with Gasteiger partial charge in [0.25, 0.3) is 0 Å². The van der Waals surface area contributed by atoms with Gasteiger partial charge in [0.15, 0.2) is 0 Å². The summed E-state index contributed by atoms with van der Waals surface area (Å²) in [4.78, 5) is 0. The minimum Gasteiger partial charge on any atom is -0.483 e. The van der Waals surface area contributed by atoms with E-state index >= 15 is 0 Å². The molecule has 1 heterocycles. The fraction of sp³-hybridized carbons (Fsp3) is 0.158. The number of ether oxygens (including phenoxy) is 1. The van der Waals surface area contributed by atoms with Crippen molar-refractivity contribution in [3.8, 4) is 5.75 Å². The van der Waals surface area contributed by atoms with Gasteiger partial charge in [0.1, 0.15) is 11.9 Å². The van der Waals surface area contributed by atoms with Gasteiger partial charge < -0.3 is 9.84 Å². The second kappa shape index (κ2) is 4.90. The second-order valence-electron chi connectivity index (χ2n) is 5.52. The zero-order valence-corrected chi connectivity index (χ0v) is 11.6. The number of benzene rings is 3. The molecule has 0 fully saturated rings. The van der Waals surface area contributed by atoms with E-state index in [9.17, 15) is 5.11 Å². The standard InChI is InChI=1S/C19H16O2/c20-17-12-15-7-3-4-8-18(15)21-19(17)16-10-9-13-5-1-2-6-14(13)11-16/h1-11,17,19-20H,12H2/t17-,19+/m1/s1. The second-order valence-corrected chi connectivity index (χ2v) is 5.52. The molecule has 0 spiro atoms. The van der Waals surface area contributed by atoms with Crippen LogP contribution in [0.15, 0.2) is 66.7 Å². The number of fused-ring (bicyclic) bond motifs is 2. The molecule has 21 heavy (non-hydrogen) atoms. The molecule has 0 aromatic heterocycles. The van der Waals surface area contributed by atoms with Crippen molar-refractivity contribution in [2.45, 2.75) is 18.6 Å². The number of para-hydroxylation sites is 1. The molecule has 0 aliphatic carbocycles. The summed E-state index contributed by atoms with van der Waals surface area (Å²) in [5.41, 5.74) is 2.10. The van der Waals surface area contributed by atoms with E-state index in [1.165, 1.54) is 10.8 Å². The summed E-state index contributed by atoms with van der Waals surface area (Å²) < 4.78 is 6.03. The molecule has 0 saturated heterocycles. The molecule has 1 N–H and O–H groups in total. The van der Waals surface area contributed by atoms with Crippen LogP contribution in [0.2, 0.25) is 0 Å². The van der Waals surface area contributed by atoms with Gasteiger partial charge in [0.05, 0.1) is 6.10 Å². The van der Waals surface area contributed by atoms with Crippen LogP contribution < -0.4 is 4.74 Å². The molecule has 104 valence electrons. The smallest absolute Gasteiger partial charge is 0.150 e. The lowest BCUT2D eigenvalue weighted by Gasteiger charge is -2.31. The van der Waals surface area contributed by atoms with E-state index in [1.807, 2.05) is 42.5 Å². The van der Waals surface area contributed by atoms with Gasteiger partial charge >= 0.3 is 0 Å². The van der Waals surface area contributed by atoms with E-state index in [2.05, 4.69) is 24.3 Å². The number of aliphatic hydroxyl groups excluding tert-OH is 1. The van der Waals surface area contributed by atoms with Crippen molar-refractivity contribution >= 4 is 10.8 Å². The summed E-state index contributed by atoms with van der Waals surface area (Å²) in [6.45, 7) is 0. The molecule has 3 aromatic carbocycles. The first-order valence-corrected chi connectivity index (χ1v) is 7.22. The Morgan fingerprint density at radius 3 is 2.52 bits per heavy atom. The average molecular weight is 276 g/mol. The van der Waals surface area contributed by atoms with Gasteiger partial charge in [-0.1, -0.05) is 54.6 Å². The molecule has 4 rings (SSSR count). The predicted octanol–water partition coefficient (Wildman–Crippen LogP) is 3.88. The first kappa shape index (κ1) is 12.4. The van der Waals surface area contributed by atoms with Gasteiger partial charge in [0, 0.05) is 6.42 Å². The Hall–Kier alpha value is -2.32. The Labute approximate surface area is 123 Å². The van der Waals surface area contributed by atoms with Crippen LogP contribution in [0.25, 0.3) is 10.8 Å². The Balaban J connectivity index is 1.75. The molecule has 0 amide bonds. The normalized spacial score (nSPS) is 20.8. The van der Waals surface area contributed by atoms with Crippen LogP contribution in [0.4, 0.5) is 0 Å². The summed E-state index contributed by atoms with van der Waals surface area (Å²) in [7, 11) is 0. The van der Waals surface area contributed by atoms with Gasteiger partial charge in [-0.2, -0.15) is 0 Å². The fourth-order valence-electron chi connectivity index (χ4n) is 3.01. The number of hydrogen-bond acceptors (Lipinski definition) is 2. The zero-order chi connectivity index (χ0) is 14.2. The highest BCUT2D eigenvalue weighted by atomic mass is 16.5. The minimum absolute atomic E-state index is 0.301. The zero-order valence-electron chi connectivity index (χ0n) is 11.6. The highest BCUT2D eigenvalue weighted by Crippen LogP contribution is 2.35. The van der Waals surface area contributed by atoms with Crippen molar-refractivity contribution in [3.05, 3.63) is 77.9 Å². The third-order valence-corrected chi connectivity index (χ3v) is 4.11. The lowest BCUT2D eigenvalue weighted by molar-refractivity contribution is 0.0209. The summed E-state index contributed by atoms with van der Waals surface area (Å²) in [6.07, 6.45) is -0.182. The average Bonchev–Trinajstić information content (AvgIpc) is 2.54. The van der Waals surface area contributed by atoms with Gasteiger partial charge in [-0.05, 0) is 34.0 Å². The largest absolute Gasteiger partial charge is 0.483 e. The van der Waals surface area contributed by atoms with Gasteiger partial charge in [-0.3, -0.25) is 0 Å². The van der Waals surface area contributed by atoms with E-state index in [4.69, 9.17) is 4.74 Å². The fourth-order valence-corrected chi connectivity index (χ4v) is 3.01. The van der Waals surface area contributed by atoms with Crippen LogP contribution in [0.1, 0.15) is 17.2 Å². The van der Waals surface area contributed by atoms with Gasteiger partial charge in [-0.25, -0.2) is 0 Å². The summed E-state index contributed by atoms with van der Waals surface area (Å²) in [5.74, 6) is 0.876. The monoisotopic (exact) mass is 276 g/mol. The lowest BCUT2D eigenvalue weighted by atomic mass is 9.93. The van der Waals surface area contributed by atoms with E-state index in [-0.39, 0.29) is 6.10 Å². The van der Waals surface area contributed by atoms with E-state index in [0.29, 0.717) is 6.42 Å². The molecule has 2 nitrogen and oxygen atoms in total. The Morgan fingerprint density at radius 1 is 0.857 bits per heavy atom. The van der Waals surface area contributed by atoms with Gasteiger partial charge in [0.2, 0.25) is 0 Å². The first-order chi connectivity index (χ1) is 10.3. The van der Waals surface area contributed by atoms with Crippen LogP contribution in [0.5, 0.6) is 5.75 Å². The Morgan fingerprint density at radius 2 is 1.62 bits per heavy atom. The third-order valence-electron chi connectivity index (χ3n) is 4.11. The molecule has 2 atom stereocenters. The quantitative estimate of drug-likeness (QED) is 0.731. The Bertz CT molecular complexity index is 794. The van der Waals surface area contributed by atoms with Crippen molar-refractivity contribution in [1.82, 2.24) is 0 Å². The van der Waals surface area contributed by atoms with Crippen LogP contribution in [-0.4, -0.2) is 11.2 Å². The third kappa shape index (κ3) is 2.18. The minimum atomic E-state index is -0.513. The maximum atomic E-state index is 10.4. The predicted molar refractivity (Wildman–Crippen MR) is 83.5 cm³/mol. The summed E-state index contributed by atoms with van der Waals surface area (Å²) in [5, 5.41) is 12.8. The van der Waals surface area contributed by atoms with Crippen molar-refractivity contribution < 1.29 is 9.84 Å². The Kier molecular flexibility index (Phi) is 2.90. The number of hydrogen-bond donors (Lipinski definition) is 1. The number of rotatable bonds is 1. The van der Waals surface area contributed by atoms with E-state index < -0.39 is 6.10 Å². The van der Waals surface area contributed by atoms with Crippen LogP contribution in [0.3, 0.4) is 0 Å².